The zero-order valence-electron chi connectivity index (χ0n) is 9.67. The number of aromatic nitrogens is 2. The fourth-order valence-corrected chi connectivity index (χ4v) is 1.42. The Bertz CT molecular complexity index is 313. The molecule has 0 bridgehead atoms. The van der Waals surface area contributed by atoms with Gasteiger partial charge in [0.25, 0.3) is 0 Å². The molecule has 1 heterocycles. The normalized spacial score (nSPS) is 13.6. The molecule has 0 aliphatic carbocycles. The van der Waals surface area contributed by atoms with Crippen molar-refractivity contribution >= 4 is 0 Å². The van der Waals surface area contributed by atoms with Gasteiger partial charge >= 0.3 is 6.18 Å². The van der Waals surface area contributed by atoms with Gasteiger partial charge in [-0.15, -0.1) is 0 Å². The SMILES string of the molecule is CC(CCCC(F)(F)F)NCc1cccnn1. The van der Waals surface area contributed by atoms with Crippen LogP contribution in [-0.4, -0.2) is 22.4 Å². The van der Waals surface area contributed by atoms with Crippen LogP contribution in [0.3, 0.4) is 0 Å². The van der Waals surface area contributed by atoms with Crippen molar-refractivity contribution in [3.05, 3.63) is 24.0 Å². The van der Waals surface area contributed by atoms with Gasteiger partial charge in [-0.2, -0.15) is 23.4 Å². The lowest BCUT2D eigenvalue weighted by Crippen LogP contribution is -2.26. The van der Waals surface area contributed by atoms with E-state index in [2.05, 4.69) is 15.5 Å². The summed E-state index contributed by atoms with van der Waals surface area (Å²) in [6.07, 6.45) is -2.54. The molecule has 0 spiro atoms. The van der Waals surface area contributed by atoms with Crippen molar-refractivity contribution in [2.75, 3.05) is 0 Å². The van der Waals surface area contributed by atoms with Crippen molar-refractivity contribution < 1.29 is 13.2 Å². The van der Waals surface area contributed by atoms with Gasteiger partial charge in [0.05, 0.1) is 5.69 Å². The van der Waals surface area contributed by atoms with Crippen LogP contribution in [0.5, 0.6) is 0 Å². The highest BCUT2D eigenvalue weighted by Gasteiger charge is 2.26. The molecular weight excluding hydrogens is 231 g/mol. The molecule has 1 N–H and O–H groups in total. The number of nitrogens with zero attached hydrogens (tertiary/aromatic N) is 2. The van der Waals surface area contributed by atoms with Gasteiger partial charge in [0.15, 0.2) is 0 Å². The monoisotopic (exact) mass is 247 g/mol. The average molecular weight is 247 g/mol. The summed E-state index contributed by atoms with van der Waals surface area (Å²) in [7, 11) is 0. The van der Waals surface area contributed by atoms with Gasteiger partial charge in [-0.3, -0.25) is 0 Å². The van der Waals surface area contributed by atoms with Gasteiger partial charge in [0.2, 0.25) is 0 Å². The number of nitrogens with one attached hydrogen (secondary N) is 1. The maximum absolute atomic E-state index is 11.9. The van der Waals surface area contributed by atoms with Crippen LogP contribution in [0.15, 0.2) is 18.3 Å². The molecular formula is C11H16F3N3. The standard InChI is InChI=1S/C11H16F3N3/c1-9(4-2-6-11(12,13)14)15-8-10-5-3-7-16-17-10/h3,5,7,9,15H,2,4,6,8H2,1H3. The van der Waals surface area contributed by atoms with E-state index in [9.17, 15) is 13.2 Å². The number of hydrogen-bond donors (Lipinski definition) is 1. The third-order valence-corrected chi connectivity index (χ3v) is 2.36. The Hall–Kier alpha value is -1.17. The van der Waals surface area contributed by atoms with Crippen molar-refractivity contribution in [3.8, 4) is 0 Å². The molecule has 0 aliphatic rings. The Kier molecular flexibility index (Phi) is 5.34. The zero-order valence-corrected chi connectivity index (χ0v) is 9.67. The molecule has 0 radical (unpaired) electrons. The van der Waals surface area contributed by atoms with Crippen LogP contribution in [0.25, 0.3) is 0 Å². The Morgan fingerprint density at radius 3 is 2.76 bits per heavy atom. The van der Waals surface area contributed by atoms with Crippen molar-refractivity contribution in [2.45, 2.75) is 44.9 Å². The maximum Gasteiger partial charge on any atom is 0.389 e. The van der Waals surface area contributed by atoms with Crippen LogP contribution < -0.4 is 5.32 Å². The molecule has 0 saturated heterocycles. The van der Waals surface area contributed by atoms with Gasteiger partial charge in [-0.25, -0.2) is 0 Å². The van der Waals surface area contributed by atoms with Crippen LogP contribution in [0.1, 0.15) is 31.9 Å². The second-order valence-electron chi connectivity index (χ2n) is 4.00. The molecule has 3 nitrogen and oxygen atoms in total. The fourth-order valence-electron chi connectivity index (χ4n) is 1.42. The minimum atomic E-state index is -4.05. The van der Waals surface area contributed by atoms with E-state index in [0.717, 1.165) is 5.69 Å². The molecule has 0 aliphatic heterocycles. The lowest BCUT2D eigenvalue weighted by atomic mass is 10.1. The van der Waals surface area contributed by atoms with Gasteiger partial charge < -0.3 is 5.32 Å². The van der Waals surface area contributed by atoms with Gasteiger partial charge in [-0.1, -0.05) is 0 Å². The molecule has 0 amide bonds. The Balaban J connectivity index is 2.15. The van der Waals surface area contributed by atoms with Crippen LogP contribution >= 0.6 is 0 Å². The predicted octanol–water partition coefficient (Wildman–Crippen LogP) is 2.69. The Morgan fingerprint density at radius 1 is 1.41 bits per heavy atom. The quantitative estimate of drug-likeness (QED) is 0.839. The van der Waals surface area contributed by atoms with Crippen molar-refractivity contribution in [1.82, 2.24) is 15.5 Å². The van der Waals surface area contributed by atoms with E-state index in [1.165, 1.54) is 0 Å². The number of halogens is 3. The predicted molar refractivity (Wildman–Crippen MR) is 58.2 cm³/mol. The molecule has 6 heteroatoms. The van der Waals surface area contributed by atoms with Crippen LogP contribution in [0.2, 0.25) is 0 Å². The van der Waals surface area contributed by atoms with Gasteiger partial charge in [0.1, 0.15) is 0 Å². The molecule has 0 saturated carbocycles. The van der Waals surface area contributed by atoms with Crippen molar-refractivity contribution in [1.29, 1.82) is 0 Å². The van der Waals surface area contributed by atoms with Gasteiger partial charge in [0, 0.05) is 25.2 Å². The number of alkyl halides is 3. The summed E-state index contributed by atoms with van der Waals surface area (Å²) in [5.41, 5.74) is 0.787. The fraction of sp³-hybridized carbons (Fsp3) is 0.636. The maximum atomic E-state index is 11.9. The van der Waals surface area contributed by atoms with E-state index in [1.807, 2.05) is 13.0 Å². The smallest absolute Gasteiger partial charge is 0.309 e. The Morgan fingerprint density at radius 2 is 2.18 bits per heavy atom. The minimum Gasteiger partial charge on any atom is -0.309 e. The summed E-state index contributed by atoms with van der Waals surface area (Å²) in [4.78, 5) is 0. The first-order valence-corrected chi connectivity index (χ1v) is 5.54. The molecule has 1 atom stereocenters. The summed E-state index contributed by atoms with van der Waals surface area (Å²) < 4.78 is 35.8. The molecule has 0 fully saturated rings. The summed E-state index contributed by atoms with van der Waals surface area (Å²) in [5, 5.41) is 10.7. The van der Waals surface area contributed by atoms with Crippen LogP contribution in [0, 0.1) is 0 Å². The molecule has 1 aromatic rings. The molecule has 1 rings (SSSR count). The first-order chi connectivity index (χ1) is 7.97. The third-order valence-electron chi connectivity index (χ3n) is 2.36. The van der Waals surface area contributed by atoms with E-state index < -0.39 is 12.6 Å². The van der Waals surface area contributed by atoms with E-state index in [1.54, 1.807) is 12.3 Å². The van der Waals surface area contributed by atoms with Crippen LogP contribution in [0.4, 0.5) is 13.2 Å². The van der Waals surface area contributed by atoms with Crippen molar-refractivity contribution in [3.63, 3.8) is 0 Å². The van der Waals surface area contributed by atoms with E-state index in [0.29, 0.717) is 13.0 Å². The lowest BCUT2D eigenvalue weighted by molar-refractivity contribution is -0.135. The van der Waals surface area contributed by atoms with Crippen LogP contribution in [-0.2, 0) is 6.54 Å². The number of hydrogen-bond acceptors (Lipinski definition) is 3. The second-order valence-corrected chi connectivity index (χ2v) is 4.00. The highest BCUT2D eigenvalue weighted by atomic mass is 19.4. The van der Waals surface area contributed by atoms with E-state index >= 15 is 0 Å². The van der Waals surface area contributed by atoms with E-state index in [-0.39, 0.29) is 12.5 Å². The highest BCUT2D eigenvalue weighted by Crippen LogP contribution is 2.22. The van der Waals surface area contributed by atoms with Gasteiger partial charge in [-0.05, 0) is 31.9 Å². The molecule has 0 aromatic carbocycles. The van der Waals surface area contributed by atoms with Crippen molar-refractivity contribution in [2.24, 2.45) is 0 Å². The summed E-state index contributed by atoms with van der Waals surface area (Å²) in [6.45, 7) is 2.40. The first kappa shape index (κ1) is 13.9. The zero-order chi connectivity index (χ0) is 12.7. The minimum absolute atomic E-state index is 0.0411. The molecule has 1 aromatic heterocycles. The molecule has 96 valence electrons. The lowest BCUT2D eigenvalue weighted by Gasteiger charge is -2.13. The Labute approximate surface area is 98.4 Å². The largest absolute Gasteiger partial charge is 0.389 e. The summed E-state index contributed by atoms with van der Waals surface area (Å²) in [6, 6.07) is 3.64. The average Bonchev–Trinajstić information content (AvgIpc) is 2.26. The summed E-state index contributed by atoms with van der Waals surface area (Å²) >= 11 is 0. The molecule has 17 heavy (non-hydrogen) atoms. The topological polar surface area (TPSA) is 37.8 Å². The third kappa shape index (κ3) is 6.88. The summed E-state index contributed by atoms with van der Waals surface area (Å²) in [5.74, 6) is 0. The highest BCUT2D eigenvalue weighted by molar-refractivity contribution is 4.98. The first-order valence-electron chi connectivity index (χ1n) is 5.54. The molecule has 1 unspecified atom stereocenters. The number of rotatable bonds is 6. The van der Waals surface area contributed by atoms with E-state index in [4.69, 9.17) is 0 Å². The second kappa shape index (κ2) is 6.54.